The fourth-order valence-corrected chi connectivity index (χ4v) is 1.09. The lowest BCUT2D eigenvalue weighted by Crippen LogP contribution is -2.05. The van der Waals surface area contributed by atoms with E-state index in [9.17, 15) is 10.1 Å². The van der Waals surface area contributed by atoms with Gasteiger partial charge in [0.1, 0.15) is 11.5 Å². The van der Waals surface area contributed by atoms with Crippen LogP contribution in [0.2, 0.25) is 0 Å². The highest BCUT2D eigenvalue weighted by molar-refractivity contribution is 7.79. The number of aryl methyl sites for hydroxylation is 1. The molecule has 1 rings (SSSR count). The van der Waals surface area contributed by atoms with E-state index >= 15 is 0 Å². The summed E-state index contributed by atoms with van der Waals surface area (Å²) in [6.07, 6.45) is 0. The van der Waals surface area contributed by atoms with Crippen LogP contribution in [0, 0.1) is 17.0 Å². The van der Waals surface area contributed by atoms with Gasteiger partial charge in [-0.2, -0.15) is 12.6 Å². The van der Waals surface area contributed by atoms with Crippen LogP contribution < -0.4 is 5.73 Å². The first-order valence-corrected chi connectivity index (χ1v) is 4.07. The van der Waals surface area contributed by atoms with E-state index in [4.69, 9.17) is 5.73 Å². The fourth-order valence-electron chi connectivity index (χ4n) is 0.945. The van der Waals surface area contributed by atoms with Crippen LogP contribution in [0.3, 0.4) is 0 Å². The first-order chi connectivity index (χ1) is 6.06. The lowest BCUT2D eigenvalue weighted by molar-refractivity contribution is -0.385. The molecule has 0 radical (unpaired) electrons. The summed E-state index contributed by atoms with van der Waals surface area (Å²) in [6, 6.07) is 0. The highest BCUT2D eigenvalue weighted by atomic mass is 32.1. The summed E-state index contributed by atoms with van der Waals surface area (Å²) < 4.78 is 0. The third-order valence-corrected chi connectivity index (χ3v) is 1.74. The van der Waals surface area contributed by atoms with Crippen LogP contribution in [0.4, 0.5) is 11.5 Å². The maximum Gasteiger partial charge on any atom is 0.332 e. The normalized spacial score (nSPS) is 10.0. The zero-order valence-electron chi connectivity index (χ0n) is 6.89. The molecule has 0 fully saturated rings. The van der Waals surface area contributed by atoms with Crippen LogP contribution in [-0.4, -0.2) is 14.9 Å². The number of rotatable bonds is 2. The molecule has 2 N–H and O–H groups in total. The van der Waals surface area contributed by atoms with Crippen LogP contribution in [-0.2, 0) is 5.75 Å². The molecule has 0 unspecified atom stereocenters. The minimum Gasteiger partial charge on any atom is -0.378 e. The number of hydrogen-bond acceptors (Lipinski definition) is 6. The summed E-state index contributed by atoms with van der Waals surface area (Å²) >= 11 is 3.94. The summed E-state index contributed by atoms with van der Waals surface area (Å²) in [7, 11) is 0. The van der Waals surface area contributed by atoms with Crippen molar-refractivity contribution in [3.05, 3.63) is 21.6 Å². The molecule has 0 aromatic carbocycles. The second-order valence-corrected chi connectivity index (χ2v) is 2.69. The van der Waals surface area contributed by atoms with E-state index < -0.39 is 4.92 Å². The third kappa shape index (κ3) is 1.86. The van der Waals surface area contributed by atoms with Gasteiger partial charge in [-0.1, -0.05) is 0 Å². The molecule has 7 heteroatoms. The largest absolute Gasteiger partial charge is 0.378 e. The van der Waals surface area contributed by atoms with Crippen molar-refractivity contribution in [3.8, 4) is 0 Å². The van der Waals surface area contributed by atoms with Gasteiger partial charge in [-0.3, -0.25) is 10.1 Å². The number of thiol groups is 1. The molecule has 6 nitrogen and oxygen atoms in total. The van der Waals surface area contributed by atoms with Crippen LogP contribution in [0.1, 0.15) is 11.5 Å². The molecule has 1 aromatic heterocycles. The molecule has 0 atom stereocenters. The summed E-state index contributed by atoms with van der Waals surface area (Å²) in [4.78, 5) is 17.5. The first kappa shape index (κ1) is 9.72. The average Bonchev–Trinajstić information content (AvgIpc) is 2.02. The monoisotopic (exact) mass is 200 g/mol. The lowest BCUT2D eigenvalue weighted by atomic mass is 10.3. The van der Waals surface area contributed by atoms with Gasteiger partial charge in [0.25, 0.3) is 0 Å². The number of nitro groups is 1. The Balaban J connectivity index is 3.31. The van der Waals surface area contributed by atoms with Gasteiger partial charge in [0.05, 0.1) is 10.7 Å². The number of nitrogens with two attached hydrogens (primary N) is 1. The standard InChI is InChI=1S/C6H8N4O2S/c1-3-5(10(11)12)6(7)9-4(2-13)8-3/h13H,2H2,1H3,(H2,7,8,9). The van der Waals surface area contributed by atoms with E-state index in [0.717, 1.165) is 0 Å². The lowest BCUT2D eigenvalue weighted by Gasteiger charge is -2.01. The van der Waals surface area contributed by atoms with Crippen LogP contribution in [0.5, 0.6) is 0 Å². The molecule has 0 amide bonds. The summed E-state index contributed by atoms with van der Waals surface area (Å²) in [6.45, 7) is 1.52. The third-order valence-electron chi connectivity index (χ3n) is 1.46. The Morgan fingerprint density at radius 3 is 2.62 bits per heavy atom. The molecule has 1 aromatic rings. The molecule has 1 heterocycles. The summed E-state index contributed by atoms with van der Waals surface area (Å²) in [5.41, 5.74) is 5.41. The number of anilines is 1. The number of nitrogen functional groups attached to an aromatic ring is 1. The van der Waals surface area contributed by atoms with Crippen molar-refractivity contribution in [2.75, 3.05) is 5.73 Å². The molecular formula is C6H8N4O2S. The quantitative estimate of drug-likeness (QED) is 0.416. The van der Waals surface area contributed by atoms with E-state index in [1.807, 2.05) is 0 Å². The molecular weight excluding hydrogens is 192 g/mol. The van der Waals surface area contributed by atoms with Crippen LogP contribution in [0.15, 0.2) is 0 Å². The Hall–Kier alpha value is -1.37. The van der Waals surface area contributed by atoms with Gasteiger partial charge < -0.3 is 5.73 Å². The Morgan fingerprint density at radius 1 is 1.62 bits per heavy atom. The van der Waals surface area contributed by atoms with Gasteiger partial charge in [0.2, 0.25) is 5.82 Å². The van der Waals surface area contributed by atoms with Gasteiger partial charge in [0.15, 0.2) is 0 Å². The van der Waals surface area contributed by atoms with Gasteiger partial charge >= 0.3 is 5.69 Å². The number of hydrogen-bond donors (Lipinski definition) is 2. The smallest absolute Gasteiger partial charge is 0.332 e. The van der Waals surface area contributed by atoms with Crippen LogP contribution >= 0.6 is 12.6 Å². The van der Waals surface area contributed by atoms with E-state index in [1.54, 1.807) is 0 Å². The van der Waals surface area contributed by atoms with Crippen molar-refractivity contribution < 1.29 is 4.92 Å². The molecule has 0 saturated carbocycles. The Morgan fingerprint density at radius 2 is 2.23 bits per heavy atom. The zero-order valence-corrected chi connectivity index (χ0v) is 7.78. The summed E-state index contributed by atoms with van der Waals surface area (Å²) in [5, 5.41) is 10.5. The molecule has 70 valence electrons. The Kier molecular flexibility index (Phi) is 2.66. The Bertz CT molecular complexity index is 331. The van der Waals surface area contributed by atoms with Crippen molar-refractivity contribution in [3.63, 3.8) is 0 Å². The van der Waals surface area contributed by atoms with Crippen molar-refractivity contribution >= 4 is 24.1 Å². The molecule has 0 aliphatic heterocycles. The molecule has 0 aliphatic rings. The van der Waals surface area contributed by atoms with E-state index in [-0.39, 0.29) is 17.2 Å². The van der Waals surface area contributed by atoms with Gasteiger partial charge in [0, 0.05) is 0 Å². The topological polar surface area (TPSA) is 94.9 Å². The molecule has 13 heavy (non-hydrogen) atoms. The molecule has 0 spiro atoms. The summed E-state index contributed by atoms with van der Waals surface area (Å²) in [5.74, 6) is 0.591. The average molecular weight is 200 g/mol. The minimum atomic E-state index is -0.590. The first-order valence-electron chi connectivity index (χ1n) is 3.44. The van der Waals surface area contributed by atoms with E-state index in [0.29, 0.717) is 11.6 Å². The van der Waals surface area contributed by atoms with Crippen molar-refractivity contribution in [2.24, 2.45) is 0 Å². The maximum atomic E-state index is 10.5. The van der Waals surface area contributed by atoms with E-state index in [1.165, 1.54) is 6.92 Å². The van der Waals surface area contributed by atoms with Gasteiger partial charge in [-0.25, -0.2) is 9.97 Å². The predicted octanol–water partition coefficient (Wildman–Crippen LogP) is 0.705. The van der Waals surface area contributed by atoms with Gasteiger partial charge in [-0.15, -0.1) is 0 Å². The second kappa shape index (κ2) is 3.56. The van der Waals surface area contributed by atoms with Crippen LogP contribution in [0.25, 0.3) is 0 Å². The second-order valence-electron chi connectivity index (χ2n) is 2.37. The molecule has 0 saturated heterocycles. The maximum absolute atomic E-state index is 10.5. The van der Waals surface area contributed by atoms with Crippen molar-refractivity contribution in [1.82, 2.24) is 9.97 Å². The van der Waals surface area contributed by atoms with Crippen molar-refractivity contribution in [1.29, 1.82) is 0 Å². The van der Waals surface area contributed by atoms with Crippen molar-refractivity contribution in [2.45, 2.75) is 12.7 Å². The molecule has 0 aliphatic carbocycles. The SMILES string of the molecule is Cc1nc(CS)nc(N)c1[N+](=O)[O-]. The fraction of sp³-hybridized carbons (Fsp3) is 0.333. The zero-order chi connectivity index (χ0) is 10.0. The highest BCUT2D eigenvalue weighted by Crippen LogP contribution is 2.22. The highest BCUT2D eigenvalue weighted by Gasteiger charge is 2.18. The number of aromatic nitrogens is 2. The Labute approximate surface area is 79.7 Å². The van der Waals surface area contributed by atoms with E-state index in [2.05, 4.69) is 22.6 Å². The van der Waals surface area contributed by atoms with Gasteiger partial charge in [-0.05, 0) is 6.92 Å². The number of nitrogens with zero attached hydrogens (tertiary/aromatic N) is 3. The minimum absolute atomic E-state index is 0.110. The molecule has 0 bridgehead atoms. The predicted molar refractivity (Wildman–Crippen MR) is 50.5 cm³/mol.